The third-order valence-corrected chi connectivity index (χ3v) is 5.74. The summed E-state index contributed by atoms with van der Waals surface area (Å²) in [7, 11) is -3.18. The minimum atomic E-state index is -3.18. The van der Waals surface area contributed by atoms with E-state index in [9.17, 15) is 13.2 Å². The van der Waals surface area contributed by atoms with E-state index in [4.69, 9.17) is 11.6 Å². The molecule has 130 valence electrons. The van der Waals surface area contributed by atoms with Crippen molar-refractivity contribution in [3.63, 3.8) is 0 Å². The van der Waals surface area contributed by atoms with Crippen molar-refractivity contribution < 1.29 is 13.2 Å². The largest absolute Gasteiger partial charge is 0.340 e. The molecular weight excluding hydrogens is 352 g/mol. The van der Waals surface area contributed by atoms with Gasteiger partial charge >= 0.3 is 0 Å². The summed E-state index contributed by atoms with van der Waals surface area (Å²) >= 11 is 5.96. The maximum atomic E-state index is 12.3. The highest BCUT2D eigenvalue weighted by Gasteiger charge is 2.25. The Hall–Kier alpha value is -1.64. The normalized spacial score (nSPS) is 16.7. The number of nitrogens with zero attached hydrogens (tertiary/aromatic N) is 4. The number of hydrogen-bond acceptors (Lipinski definition) is 4. The van der Waals surface area contributed by atoms with E-state index >= 15 is 0 Å². The van der Waals surface area contributed by atoms with Gasteiger partial charge in [-0.3, -0.25) is 9.48 Å². The Morgan fingerprint density at radius 3 is 2.62 bits per heavy atom. The zero-order valence-corrected chi connectivity index (χ0v) is 14.9. The lowest BCUT2D eigenvalue weighted by Crippen LogP contribution is -2.50. The molecule has 0 spiro atoms. The average molecular weight is 371 g/mol. The summed E-state index contributed by atoms with van der Waals surface area (Å²) in [6, 6.07) is 5.53. The second-order valence-electron chi connectivity index (χ2n) is 5.86. The second-order valence-corrected chi connectivity index (χ2v) is 8.28. The first kappa shape index (κ1) is 17.2. The molecule has 24 heavy (non-hydrogen) atoms. The van der Waals surface area contributed by atoms with Crippen molar-refractivity contribution in [2.75, 3.05) is 32.4 Å². The zero-order valence-electron chi connectivity index (χ0n) is 13.4. The number of aromatic nitrogens is 2. The summed E-state index contributed by atoms with van der Waals surface area (Å²) in [4.78, 5) is 14.0. The van der Waals surface area contributed by atoms with Gasteiger partial charge in [-0.2, -0.15) is 9.40 Å². The Balaban J connectivity index is 1.58. The van der Waals surface area contributed by atoms with Crippen molar-refractivity contribution in [2.24, 2.45) is 0 Å². The summed E-state index contributed by atoms with van der Waals surface area (Å²) in [6.45, 7) is 2.06. The average Bonchev–Trinajstić information content (AvgIpc) is 2.94. The molecule has 0 aliphatic carbocycles. The van der Waals surface area contributed by atoms with Crippen molar-refractivity contribution in [2.45, 2.75) is 13.0 Å². The highest BCUT2D eigenvalue weighted by atomic mass is 35.5. The number of carbonyl (C=O) groups is 1. The van der Waals surface area contributed by atoms with Crippen molar-refractivity contribution >= 4 is 38.4 Å². The first-order chi connectivity index (χ1) is 11.3. The molecule has 0 atom stereocenters. The molecule has 1 amide bonds. The highest BCUT2D eigenvalue weighted by Crippen LogP contribution is 2.19. The van der Waals surface area contributed by atoms with Gasteiger partial charge < -0.3 is 4.90 Å². The van der Waals surface area contributed by atoms with Crippen molar-refractivity contribution in [1.29, 1.82) is 0 Å². The van der Waals surface area contributed by atoms with Crippen LogP contribution < -0.4 is 0 Å². The number of fused-ring (bicyclic) bond motifs is 1. The molecule has 1 saturated heterocycles. The summed E-state index contributed by atoms with van der Waals surface area (Å²) in [5.41, 5.74) is 0.939. The number of rotatable bonds is 4. The molecular formula is C15H19ClN4O3S. The molecule has 1 aliphatic rings. The fourth-order valence-electron chi connectivity index (χ4n) is 2.86. The Labute approximate surface area is 145 Å². The first-order valence-electron chi connectivity index (χ1n) is 7.68. The van der Waals surface area contributed by atoms with Crippen LogP contribution in [-0.4, -0.2) is 65.7 Å². The number of halogens is 1. The minimum absolute atomic E-state index is 0.0146. The molecule has 1 aromatic carbocycles. The third kappa shape index (κ3) is 3.71. The van der Waals surface area contributed by atoms with E-state index in [2.05, 4.69) is 5.10 Å². The van der Waals surface area contributed by atoms with Crippen LogP contribution in [0.25, 0.3) is 10.9 Å². The summed E-state index contributed by atoms with van der Waals surface area (Å²) < 4.78 is 26.2. The predicted octanol–water partition coefficient (Wildman–Crippen LogP) is 1.18. The topological polar surface area (TPSA) is 75.5 Å². The lowest BCUT2D eigenvalue weighted by molar-refractivity contribution is -0.132. The van der Waals surface area contributed by atoms with Crippen molar-refractivity contribution in [3.05, 3.63) is 29.4 Å². The van der Waals surface area contributed by atoms with Crippen LogP contribution in [0.1, 0.15) is 6.42 Å². The van der Waals surface area contributed by atoms with Gasteiger partial charge in [0.1, 0.15) is 0 Å². The van der Waals surface area contributed by atoms with E-state index in [0.717, 1.165) is 10.9 Å². The summed E-state index contributed by atoms with van der Waals surface area (Å²) in [5.74, 6) is 0.0146. The number of aryl methyl sites for hydroxylation is 1. The van der Waals surface area contributed by atoms with Crippen LogP contribution in [0.2, 0.25) is 5.02 Å². The van der Waals surface area contributed by atoms with Crippen LogP contribution in [0.15, 0.2) is 24.4 Å². The molecule has 0 radical (unpaired) electrons. The number of hydrogen-bond donors (Lipinski definition) is 0. The standard InChI is InChI=1S/C15H19ClN4O3S/c1-24(22,23)19-8-6-18(7-9-19)15(21)4-5-20-14-3-2-13(16)10-12(14)11-17-20/h2-3,10-11H,4-9H2,1H3. The van der Waals surface area contributed by atoms with Crippen LogP contribution in [0.3, 0.4) is 0 Å². The van der Waals surface area contributed by atoms with Gasteiger partial charge in [0.2, 0.25) is 15.9 Å². The molecule has 1 aromatic heterocycles. The van der Waals surface area contributed by atoms with Gasteiger partial charge in [-0.15, -0.1) is 0 Å². The predicted molar refractivity (Wildman–Crippen MR) is 92.4 cm³/mol. The summed E-state index contributed by atoms with van der Waals surface area (Å²) in [5, 5.41) is 5.89. The Morgan fingerprint density at radius 1 is 1.25 bits per heavy atom. The quantitative estimate of drug-likeness (QED) is 0.810. The lowest BCUT2D eigenvalue weighted by Gasteiger charge is -2.33. The molecule has 0 unspecified atom stereocenters. The van der Waals surface area contributed by atoms with Gasteiger partial charge in [-0.25, -0.2) is 8.42 Å². The second kappa shape index (κ2) is 6.70. The van der Waals surface area contributed by atoms with E-state index in [-0.39, 0.29) is 5.91 Å². The Bertz CT molecular complexity index is 857. The van der Waals surface area contributed by atoms with Gasteiger partial charge in [-0.05, 0) is 18.2 Å². The molecule has 2 heterocycles. The van der Waals surface area contributed by atoms with Crippen LogP contribution in [0.4, 0.5) is 0 Å². The maximum Gasteiger partial charge on any atom is 0.224 e. The lowest BCUT2D eigenvalue weighted by atomic mass is 10.2. The van der Waals surface area contributed by atoms with Gasteiger partial charge in [0, 0.05) is 43.0 Å². The minimum Gasteiger partial charge on any atom is -0.340 e. The Kier molecular flexibility index (Phi) is 4.80. The van der Waals surface area contributed by atoms with Crippen molar-refractivity contribution in [1.82, 2.24) is 19.0 Å². The van der Waals surface area contributed by atoms with Gasteiger partial charge in [0.15, 0.2) is 0 Å². The fourth-order valence-corrected chi connectivity index (χ4v) is 3.87. The van der Waals surface area contributed by atoms with Gasteiger partial charge in [-0.1, -0.05) is 11.6 Å². The van der Waals surface area contributed by atoms with E-state index < -0.39 is 10.0 Å². The SMILES string of the molecule is CS(=O)(=O)N1CCN(C(=O)CCn2ncc3cc(Cl)ccc32)CC1. The van der Waals surface area contributed by atoms with Gasteiger partial charge in [0.05, 0.1) is 24.5 Å². The van der Waals surface area contributed by atoms with Crippen LogP contribution >= 0.6 is 11.6 Å². The molecule has 2 aromatic rings. The van der Waals surface area contributed by atoms with Crippen molar-refractivity contribution in [3.8, 4) is 0 Å². The first-order valence-corrected chi connectivity index (χ1v) is 9.91. The molecule has 7 nitrogen and oxygen atoms in total. The number of sulfonamides is 1. The zero-order chi connectivity index (χ0) is 17.3. The van der Waals surface area contributed by atoms with Gasteiger partial charge in [0.25, 0.3) is 0 Å². The number of carbonyl (C=O) groups excluding carboxylic acids is 1. The van der Waals surface area contributed by atoms with E-state index in [1.165, 1.54) is 10.6 Å². The Morgan fingerprint density at radius 2 is 1.96 bits per heavy atom. The van der Waals surface area contributed by atoms with E-state index in [1.807, 2.05) is 12.1 Å². The number of piperazine rings is 1. The summed E-state index contributed by atoms with van der Waals surface area (Å²) in [6.07, 6.45) is 3.26. The molecule has 0 bridgehead atoms. The van der Waals surface area contributed by atoms with Crippen LogP contribution in [0, 0.1) is 0 Å². The van der Waals surface area contributed by atoms with Crippen LogP contribution in [0.5, 0.6) is 0 Å². The molecule has 0 saturated carbocycles. The fraction of sp³-hybridized carbons (Fsp3) is 0.467. The molecule has 3 rings (SSSR count). The maximum absolute atomic E-state index is 12.3. The third-order valence-electron chi connectivity index (χ3n) is 4.20. The number of benzene rings is 1. The molecule has 1 fully saturated rings. The molecule has 1 aliphatic heterocycles. The molecule has 0 N–H and O–H groups in total. The highest BCUT2D eigenvalue weighted by molar-refractivity contribution is 7.88. The van der Waals surface area contributed by atoms with E-state index in [1.54, 1.807) is 21.8 Å². The molecule has 9 heteroatoms. The monoisotopic (exact) mass is 370 g/mol. The van der Waals surface area contributed by atoms with E-state index in [0.29, 0.717) is 44.2 Å². The van der Waals surface area contributed by atoms with Crippen LogP contribution in [-0.2, 0) is 21.4 Å². The number of amides is 1. The smallest absolute Gasteiger partial charge is 0.224 e.